The first-order chi connectivity index (χ1) is 36.0. The van der Waals surface area contributed by atoms with E-state index in [2.05, 4.69) is 31.3 Å². The standard InChI is InChI=1S/C67H129NO5/c1-3-5-7-9-11-13-15-16-17-18-19-20-21-22-23-24-27-30-33-36-40-43-47-51-55-59-65(70)64(63-69)68-66(71)60-56-52-48-44-41-37-34-31-28-25-26-29-32-35-38-42-46-50-54-58-62-73-67(72)61-57-53-49-45-39-14-12-10-8-6-4-2/h25,28,55,59,64-65,69-70H,3-24,26-27,29-54,56-58,60-63H2,1-2H3,(H,68,71)/b28-25-,59-55+. The Kier molecular flexibility index (Phi) is 61.4. The predicted octanol–water partition coefficient (Wildman–Crippen LogP) is 21.0. The second-order valence-corrected chi connectivity index (χ2v) is 22.8. The van der Waals surface area contributed by atoms with Gasteiger partial charge in [0.05, 0.1) is 25.4 Å². The number of esters is 1. The van der Waals surface area contributed by atoms with Gasteiger partial charge >= 0.3 is 5.97 Å². The molecule has 6 nitrogen and oxygen atoms in total. The molecule has 2 atom stereocenters. The SMILES string of the molecule is CCCCCCCCCCCCCCCCCCCCCCCCC/C=C/C(O)C(CO)NC(=O)CCCCCCCCC/C=C\CCCCCCCCCCCOC(=O)CCCCCCCCCCCCC. The minimum Gasteiger partial charge on any atom is -0.466 e. The normalized spacial score (nSPS) is 12.7. The van der Waals surface area contributed by atoms with Crippen molar-refractivity contribution in [1.29, 1.82) is 0 Å². The van der Waals surface area contributed by atoms with Crippen molar-refractivity contribution < 1.29 is 24.5 Å². The Labute approximate surface area is 456 Å². The highest BCUT2D eigenvalue weighted by Crippen LogP contribution is 2.18. The van der Waals surface area contributed by atoms with Crippen molar-refractivity contribution in [2.24, 2.45) is 0 Å². The molecular formula is C67H129NO5. The summed E-state index contributed by atoms with van der Waals surface area (Å²) in [4.78, 5) is 24.5. The summed E-state index contributed by atoms with van der Waals surface area (Å²) in [6.07, 6.45) is 78.1. The largest absolute Gasteiger partial charge is 0.466 e. The van der Waals surface area contributed by atoms with E-state index in [4.69, 9.17) is 4.74 Å². The average Bonchev–Trinajstić information content (AvgIpc) is 3.39. The van der Waals surface area contributed by atoms with Gasteiger partial charge in [-0.3, -0.25) is 9.59 Å². The van der Waals surface area contributed by atoms with Crippen LogP contribution in [0.3, 0.4) is 0 Å². The lowest BCUT2D eigenvalue weighted by Gasteiger charge is -2.20. The Morgan fingerprint density at radius 2 is 0.644 bits per heavy atom. The van der Waals surface area contributed by atoms with Gasteiger partial charge in [0.2, 0.25) is 5.91 Å². The molecule has 6 heteroatoms. The fraction of sp³-hybridized carbons (Fsp3) is 0.910. The van der Waals surface area contributed by atoms with Gasteiger partial charge < -0.3 is 20.3 Å². The highest BCUT2D eigenvalue weighted by atomic mass is 16.5. The predicted molar refractivity (Wildman–Crippen MR) is 320 cm³/mol. The number of hydrogen-bond donors (Lipinski definition) is 3. The molecule has 0 radical (unpaired) electrons. The summed E-state index contributed by atoms with van der Waals surface area (Å²) < 4.78 is 5.46. The molecule has 73 heavy (non-hydrogen) atoms. The molecule has 0 aromatic rings. The van der Waals surface area contributed by atoms with E-state index in [1.807, 2.05) is 6.08 Å². The van der Waals surface area contributed by atoms with Crippen LogP contribution < -0.4 is 5.32 Å². The third kappa shape index (κ3) is 59.4. The summed E-state index contributed by atoms with van der Waals surface area (Å²) in [6, 6.07) is -0.635. The molecule has 0 aliphatic heterocycles. The lowest BCUT2D eigenvalue weighted by Crippen LogP contribution is -2.45. The van der Waals surface area contributed by atoms with Crippen molar-refractivity contribution in [3.8, 4) is 0 Å². The zero-order valence-corrected chi connectivity index (χ0v) is 49.4. The Bertz CT molecular complexity index is 1140. The minimum atomic E-state index is -0.851. The minimum absolute atomic E-state index is 0.00589. The number of allylic oxidation sites excluding steroid dienone is 3. The molecule has 0 saturated carbocycles. The van der Waals surface area contributed by atoms with Gasteiger partial charge in [-0.15, -0.1) is 0 Å². The van der Waals surface area contributed by atoms with E-state index in [-0.39, 0.29) is 18.5 Å². The van der Waals surface area contributed by atoms with Gasteiger partial charge in [-0.2, -0.15) is 0 Å². The third-order valence-corrected chi connectivity index (χ3v) is 15.5. The summed E-state index contributed by atoms with van der Waals surface area (Å²) in [5, 5.41) is 23.2. The van der Waals surface area contributed by atoms with Gasteiger partial charge in [0.1, 0.15) is 0 Å². The molecule has 0 aromatic carbocycles. The number of rotatable bonds is 62. The number of carbonyl (C=O) groups excluding carboxylic acids is 2. The molecule has 0 fully saturated rings. The number of aliphatic hydroxyl groups is 2. The molecule has 2 unspecified atom stereocenters. The first-order valence-corrected chi connectivity index (χ1v) is 33.1. The molecule has 0 aromatic heterocycles. The van der Waals surface area contributed by atoms with Crippen LogP contribution in [0.25, 0.3) is 0 Å². The third-order valence-electron chi connectivity index (χ3n) is 15.5. The number of carbonyl (C=O) groups is 2. The first-order valence-electron chi connectivity index (χ1n) is 33.1. The lowest BCUT2D eigenvalue weighted by molar-refractivity contribution is -0.143. The summed E-state index contributed by atoms with van der Waals surface area (Å²) in [5.74, 6) is -0.0667. The number of nitrogens with one attached hydrogen (secondary N) is 1. The van der Waals surface area contributed by atoms with Crippen LogP contribution in [-0.4, -0.2) is 47.4 Å². The maximum Gasteiger partial charge on any atom is 0.305 e. The second kappa shape index (κ2) is 62.9. The van der Waals surface area contributed by atoms with Gasteiger partial charge in [-0.1, -0.05) is 321 Å². The van der Waals surface area contributed by atoms with Crippen LogP contribution >= 0.6 is 0 Å². The van der Waals surface area contributed by atoms with Gasteiger partial charge in [-0.25, -0.2) is 0 Å². The molecular weight excluding hydrogens is 899 g/mol. The van der Waals surface area contributed by atoms with Crippen LogP contribution in [0.15, 0.2) is 24.3 Å². The van der Waals surface area contributed by atoms with Gasteiger partial charge in [0.15, 0.2) is 0 Å². The Morgan fingerprint density at radius 1 is 0.370 bits per heavy atom. The fourth-order valence-corrected chi connectivity index (χ4v) is 10.4. The number of amides is 1. The Hall–Kier alpha value is -1.66. The molecule has 0 bridgehead atoms. The second-order valence-electron chi connectivity index (χ2n) is 22.8. The van der Waals surface area contributed by atoms with Crippen molar-refractivity contribution in [1.82, 2.24) is 5.32 Å². The van der Waals surface area contributed by atoms with Gasteiger partial charge in [0.25, 0.3) is 0 Å². The topological polar surface area (TPSA) is 95.9 Å². The van der Waals surface area contributed by atoms with E-state index in [9.17, 15) is 19.8 Å². The van der Waals surface area contributed by atoms with Crippen LogP contribution in [0.1, 0.15) is 367 Å². The Balaban J connectivity index is 3.46. The van der Waals surface area contributed by atoms with Crippen molar-refractivity contribution in [2.75, 3.05) is 13.2 Å². The van der Waals surface area contributed by atoms with E-state index in [1.165, 1.54) is 289 Å². The maximum atomic E-state index is 12.5. The molecule has 0 aliphatic carbocycles. The van der Waals surface area contributed by atoms with Crippen molar-refractivity contribution in [3.05, 3.63) is 24.3 Å². The van der Waals surface area contributed by atoms with Crippen LogP contribution in [0.5, 0.6) is 0 Å². The zero-order chi connectivity index (χ0) is 52.9. The molecule has 432 valence electrons. The van der Waals surface area contributed by atoms with Crippen LogP contribution in [-0.2, 0) is 14.3 Å². The van der Waals surface area contributed by atoms with Crippen LogP contribution in [0, 0.1) is 0 Å². The number of aliphatic hydroxyl groups excluding tert-OH is 2. The van der Waals surface area contributed by atoms with E-state index in [0.717, 1.165) is 51.4 Å². The number of ether oxygens (including phenoxy) is 1. The van der Waals surface area contributed by atoms with E-state index in [1.54, 1.807) is 6.08 Å². The molecule has 0 saturated heterocycles. The number of unbranched alkanes of at least 4 members (excludes halogenated alkanes) is 49. The highest BCUT2D eigenvalue weighted by molar-refractivity contribution is 5.76. The first kappa shape index (κ1) is 71.3. The van der Waals surface area contributed by atoms with Crippen molar-refractivity contribution in [2.45, 2.75) is 379 Å². The molecule has 0 heterocycles. The molecule has 1 amide bonds. The van der Waals surface area contributed by atoms with Crippen molar-refractivity contribution >= 4 is 11.9 Å². The Morgan fingerprint density at radius 3 is 0.973 bits per heavy atom. The van der Waals surface area contributed by atoms with E-state index >= 15 is 0 Å². The lowest BCUT2D eigenvalue weighted by atomic mass is 10.0. The van der Waals surface area contributed by atoms with E-state index < -0.39 is 12.1 Å². The highest BCUT2D eigenvalue weighted by Gasteiger charge is 2.18. The summed E-state index contributed by atoms with van der Waals surface area (Å²) >= 11 is 0. The van der Waals surface area contributed by atoms with Crippen LogP contribution in [0.2, 0.25) is 0 Å². The average molecular weight is 1030 g/mol. The summed E-state index contributed by atoms with van der Waals surface area (Å²) in [6.45, 7) is 4.92. The van der Waals surface area contributed by atoms with Gasteiger partial charge in [-0.05, 0) is 57.8 Å². The van der Waals surface area contributed by atoms with Gasteiger partial charge in [0, 0.05) is 12.8 Å². The summed E-state index contributed by atoms with van der Waals surface area (Å²) in [5.41, 5.74) is 0. The van der Waals surface area contributed by atoms with Crippen molar-refractivity contribution in [3.63, 3.8) is 0 Å². The molecule has 0 spiro atoms. The maximum absolute atomic E-state index is 12.5. The molecule has 0 aliphatic rings. The summed E-state index contributed by atoms with van der Waals surface area (Å²) in [7, 11) is 0. The zero-order valence-electron chi connectivity index (χ0n) is 49.4. The molecule has 3 N–H and O–H groups in total. The quantitative estimate of drug-likeness (QED) is 0.0320. The van der Waals surface area contributed by atoms with E-state index in [0.29, 0.717) is 19.4 Å². The monoisotopic (exact) mass is 1030 g/mol. The molecule has 0 rings (SSSR count). The number of hydrogen-bond acceptors (Lipinski definition) is 5. The fourth-order valence-electron chi connectivity index (χ4n) is 10.4. The van der Waals surface area contributed by atoms with Crippen LogP contribution in [0.4, 0.5) is 0 Å². The smallest absolute Gasteiger partial charge is 0.305 e.